The van der Waals surface area contributed by atoms with Gasteiger partial charge in [0.25, 0.3) is 0 Å². The fourth-order valence-electron chi connectivity index (χ4n) is 2.46. The molecule has 0 fully saturated rings. The SMILES string of the molecule is CCn1cncc1Cn1ccc2cccc(C=O)c21. The van der Waals surface area contributed by atoms with Crippen molar-refractivity contribution < 1.29 is 4.79 Å². The highest BCUT2D eigenvalue weighted by atomic mass is 16.1. The lowest BCUT2D eigenvalue weighted by atomic mass is 10.1. The summed E-state index contributed by atoms with van der Waals surface area (Å²) in [6.07, 6.45) is 6.64. The molecule has 0 bridgehead atoms. The molecule has 0 atom stereocenters. The molecule has 1 aromatic carbocycles. The van der Waals surface area contributed by atoms with E-state index in [4.69, 9.17) is 0 Å². The Bertz CT molecular complexity index is 724. The van der Waals surface area contributed by atoms with E-state index in [0.29, 0.717) is 0 Å². The monoisotopic (exact) mass is 253 g/mol. The lowest BCUT2D eigenvalue weighted by Gasteiger charge is -2.09. The summed E-state index contributed by atoms with van der Waals surface area (Å²) in [5.41, 5.74) is 2.85. The Labute approximate surface area is 111 Å². The highest BCUT2D eigenvalue weighted by Crippen LogP contribution is 2.20. The minimum absolute atomic E-state index is 0.724. The second-order valence-electron chi connectivity index (χ2n) is 4.52. The van der Waals surface area contributed by atoms with Gasteiger partial charge in [0.1, 0.15) is 0 Å². The summed E-state index contributed by atoms with van der Waals surface area (Å²) >= 11 is 0. The van der Waals surface area contributed by atoms with Crippen molar-refractivity contribution in [2.45, 2.75) is 20.0 Å². The van der Waals surface area contributed by atoms with Crippen LogP contribution in [0.3, 0.4) is 0 Å². The number of aromatic nitrogens is 3. The molecule has 3 rings (SSSR count). The second kappa shape index (κ2) is 4.72. The smallest absolute Gasteiger partial charge is 0.152 e. The molecule has 2 aromatic heterocycles. The van der Waals surface area contributed by atoms with Gasteiger partial charge in [0.15, 0.2) is 6.29 Å². The number of imidazole rings is 1. The molecule has 96 valence electrons. The molecule has 0 saturated heterocycles. The lowest BCUT2D eigenvalue weighted by Crippen LogP contribution is -2.05. The predicted molar refractivity (Wildman–Crippen MR) is 74.3 cm³/mol. The van der Waals surface area contributed by atoms with Crippen molar-refractivity contribution in [2.24, 2.45) is 0 Å². The highest BCUT2D eigenvalue weighted by Gasteiger charge is 2.08. The van der Waals surface area contributed by atoms with E-state index in [1.54, 1.807) is 0 Å². The van der Waals surface area contributed by atoms with Crippen LogP contribution < -0.4 is 0 Å². The number of carbonyl (C=O) groups excluding carboxylic acids is 1. The van der Waals surface area contributed by atoms with E-state index in [1.165, 1.54) is 0 Å². The largest absolute Gasteiger partial charge is 0.341 e. The Hall–Kier alpha value is -2.36. The molecule has 0 spiro atoms. The van der Waals surface area contributed by atoms with Gasteiger partial charge >= 0.3 is 0 Å². The summed E-state index contributed by atoms with van der Waals surface area (Å²) in [6.45, 7) is 3.72. The number of benzene rings is 1. The number of rotatable bonds is 4. The first-order valence-corrected chi connectivity index (χ1v) is 6.35. The summed E-state index contributed by atoms with van der Waals surface area (Å²) < 4.78 is 4.21. The van der Waals surface area contributed by atoms with Gasteiger partial charge in [-0.1, -0.05) is 12.1 Å². The summed E-state index contributed by atoms with van der Waals surface area (Å²) in [5, 5.41) is 1.09. The minimum atomic E-state index is 0.724. The summed E-state index contributed by atoms with van der Waals surface area (Å²) in [7, 11) is 0. The number of fused-ring (bicyclic) bond motifs is 1. The van der Waals surface area contributed by atoms with Crippen LogP contribution in [-0.4, -0.2) is 20.4 Å². The Morgan fingerprint density at radius 1 is 1.26 bits per heavy atom. The first kappa shape index (κ1) is 11.7. The number of hydrogen-bond donors (Lipinski definition) is 0. The maximum atomic E-state index is 11.2. The average molecular weight is 253 g/mol. The van der Waals surface area contributed by atoms with Gasteiger partial charge in [-0.2, -0.15) is 0 Å². The van der Waals surface area contributed by atoms with Crippen LogP contribution in [0.25, 0.3) is 10.9 Å². The van der Waals surface area contributed by atoms with Crippen LogP contribution in [0.1, 0.15) is 23.0 Å². The second-order valence-corrected chi connectivity index (χ2v) is 4.52. The molecule has 0 aliphatic rings. The number of hydrogen-bond acceptors (Lipinski definition) is 2. The zero-order chi connectivity index (χ0) is 13.2. The molecular formula is C15H15N3O. The molecule has 0 unspecified atom stereocenters. The molecule has 4 nitrogen and oxygen atoms in total. The van der Waals surface area contributed by atoms with Crippen molar-refractivity contribution in [3.63, 3.8) is 0 Å². The van der Waals surface area contributed by atoms with Crippen molar-refractivity contribution in [1.82, 2.24) is 14.1 Å². The molecule has 0 radical (unpaired) electrons. The van der Waals surface area contributed by atoms with Crippen LogP contribution in [-0.2, 0) is 13.1 Å². The molecule has 0 N–H and O–H groups in total. The fraction of sp³-hybridized carbons (Fsp3) is 0.200. The van der Waals surface area contributed by atoms with Gasteiger partial charge in [0, 0.05) is 29.9 Å². The third-order valence-electron chi connectivity index (χ3n) is 3.42. The van der Waals surface area contributed by atoms with Gasteiger partial charge < -0.3 is 9.13 Å². The van der Waals surface area contributed by atoms with Crippen molar-refractivity contribution in [2.75, 3.05) is 0 Å². The Morgan fingerprint density at radius 3 is 2.95 bits per heavy atom. The van der Waals surface area contributed by atoms with Crippen molar-refractivity contribution >= 4 is 17.2 Å². The molecule has 0 aliphatic carbocycles. The van der Waals surface area contributed by atoms with Gasteiger partial charge in [-0.25, -0.2) is 4.98 Å². The fourth-order valence-corrected chi connectivity index (χ4v) is 2.46. The first-order valence-electron chi connectivity index (χ1n) is 6.35. The molecule has 0 aliphatic heterocycles. The standard InChI is InChI=1S/C15H15N3O/c1-2-17-11-16-8-14(17)9-18-7-6-12-4-3-5-13(10-19)15(12)18/h3-8,10-11H,2,9H2,1H3. The number of carbonyl (C=O) groups is 1. The van der Waals surface area contributed by atoms with E-state index in [9.17, 15) is 4.79 Å². The van der Waals surface area contributed by atoms with E-state index < -0.39 is 0 Å². The summed E-state index contributed by atoms with van der Waals surface area (Å²) in [5.74, 6) is 0. The van der Waals surface area contributed by atoms with Crippen LogP contribution in [0.4, 0.5) is 0 Å². The molecule has 3 aromatic rings. The quantitative estimate of drug-likeness (QED) is 0.671. The Kier molecular flexibility index (Phi) is 2.91. The third-order valence-corrected chi connectivity index (χ3v) is 3.42. The molecular weight excluding hydrogens is 238 g/mol. The normalized spacial score (nSPS) is 11.0. The highest BCUT2D eigenvalue weighted by molar-refractivity contribution is 5.96. The van der Waals surface area contributed by atoms with E-state index >= 15 is 0 Å². The lowest BCUT2D eigenvalue weighted by molar-refractivity contribution is 0.112. The van der Waals surface area contributed by atoms with Crippen LogP contribution in [0, 0.1) is 0 Å². The molecule has 2 heterocycles. The molecule has 0 saturated carbocycles. The van der Waals surface area contributed by atoms with Gasteiger partial charge in [-0.3, -0.25) is 4.79 Å². The van der Waals surface area contributed by atoms with E-state index in [2.05, 4.69) is 21.0 Å². The van der Waals surface area contributed by atoms with Crippen molar-refractivity contribution in [3.05, 3.63) is 54.2 Å². The molecule has 0 amide bonds. The summed E-state index contributed by atoms with van der Waals surface area (Å²) in [6, 6.07) is 7.82. The third kappa shape index (κ3) is 1.95. The number of para-hydroxylation sites is 1. The molecule has 19 heavy (non-hydrogen) atoms. The van der Waals surface area contributed by atoms with Crippen LogP contribution in [0.2, 0.25) is 0 Å². The Morgan fingerprint density at radius 2 is 2.16 bits per heavy atom. The van der Waals surface area contributed by atoms with Crippen LogP contribution in [0.15, 0.2) is 43.0 Å². The zero-order valence-corrected chi connectivity index (χ0v) is 10.8. The van der Waals surface area contributed by atoms with Gasteiger partial charge in [-0.15, -0.1) is 0 Å². The van der Waals surface area contributed by atoms with E-state index in [0.717, 1.165) is 41.5 Å². The van der Waals surface area contributed by atoms with Gasteiger partial charge in [0.05, 0.1) is 24.1 Å². The topological polar surface area (TPSA) is 39.8 Å². The van der Waals surface area contributed by atoms with Crippen LogP contribution in [0.5, 0.6) is 0 Å². The number of aryl methyl sites for hydroxylation is 1. The van der Waals surface area contributed by atoms with E-state index in [1.807, 2.05) is 43.0 Å². The van der Waals surface area contributed by atoms with E-state index in [-0.39, 0.29) is 0 Å². The van der Waals surface area contributed by atoms with Gasteiger partial charge in [0.2, 0.25) is 0 Å². The number of aldehydes is 1. The average Bonchev–Trinajstić information content (AvgIpc) is 3.06. The minimum Gasteiger partial charge on any atom is -0.341 e. The predicted octanol–water partition coefficient (Wildman–Crippen LogP) is 2.72. The van der Waals surface area contributed by atoms with Crippen molar-refractivity contribution in [1.29, 1.82) is 0 Å². The van der Waals surface area contributed by atoms with Gasteiger partial charge in [-0.05, 0) is 19.1 Å². The maximum absolute atomic E-state index is 11.2. The zero-order valence-electron chi connectivity index (χ0n) is 10.8. The molecule has 4 heteroatoms. The number of nitrogens with zero attached hydrogens (tertiary/aromatic N) is 3. The summed E-state index contributed by atoms with van der Waals surface area (Å²) in [4.78, 5) is 15.3. The first-order chi connectivity index (χ1) is 9.33. The Balaban J connectivity index is 2.08. The maximum Gasteiger partial charge on any atom is 0.152 e. The van der Waals surface area contributed by atoms with Crippen LogP contribution >= 0.6 is 0 Å². The van der Waals surface area contributed by atoms with Crippen molar-refractivity contribution in [3.8, 4) is 0 Å².